The molecule has 0 aliphatic carbocycles. The molecule has 0 aliphatic rings. The summed E-state index contributed by atoms with van der Waals surface area (Å²) < 4.78 is 0. The molecule has 5 heteroatoms. The minimum atomic E-state index is 0. The molecule has 0 bridgehead atoms. The summed E-state index contributed by atoms with van der Waals surface area (Å²) in [6, 6.07) is 0. The van der Waals surface area contributed by atoms with E-state index < -0.39 is 0 Å². The predicted octanol–water partition coefficient (Wildman–Crippen LogP) is 1.15. The minimum Gasteiger partial charge on any atom is -0.114 e. The summed E-state index contributed by atoms with van der Waals surface area (Å²) >= 11 is 0. The fourth-order valence-corrected chi connectivity index (χ4v) is 0. The zero-order valence-electron chi connectivity index (χ0n) is 1.88. The summed E-state index contributed by atoms with van der Waals surface area (Å²) in [6.45, 7) is 0. The monoisotopic (exact) mass is 330 g/mol. The molecule has 0 aliphatic heterocycles. The van der Waals surface area contributed by atoms with Gasteiger partial charge in [0.15, 0.2) is 0 Å². The molecule has 2 radical (unpaired) electrons. The quantitative estimate of drug-likeness (QED) is 0.584. The van der Waals surface area contributed by atoms with Crippen molar-refractivity contribution in [2.24, 2.45) is 0 Å². The summed E-state index contributed by atoms with van der Waals surface area (Å²) in [5.74, 6) is 0. The number of hydrogen-bond acceptors (Lipinski definition) is 0. The van der Waals surface area contributed by atoms with Crippen LogP contribution in [0.15, 0.2) is 0 Å². The largest absolute Gasteiger partial charge is 0.114 e. The molecule has 0 fully saturated rings. The Kier molecular flexibility index (Phi) is 318. The van der Waals surface area contributed by atoms with E-state index in [4.69, 9.17) is 0 Å². The van der Waals surface area contributed by atoms with Crippen LogP contribution in [0.5, 0.6) is 0 Å². The van der Waals surface area contributed by atoms with Gasteiger partial charge in [-0.1, -0.05) is 0 Å². The van der Waals surface area contributed by atoms with Crippen LogP contribution in [-0.2, 0) is 50.9 Å². The van der Waals surface area contributed by atoms with Crippen LogP contribution in [0, 0.1) is 0 Å². The van der Waals surface area contributed by atoms with E-state index in [-0.39, 0.29) is 84.9 Å². The van der Waals surface area contributed by atoms with Crippen molar-refractivity contribution in [1.29, 1.82) is 0 Å². The van der Waals surface area contributed by atoms with Crippen molar-refractivity contribution in [2.75, 3.05) is 0 Å². The van der Waals surface area contributed by atoms with E-state index in [1.54, 1.807) is 0 Å². The molecule has 0 aromatic rings. The Morgan fingerprint density at radius 2 is 0.800 bits per heavy atom. The molecule has 0 saturated heterocycles. The van der Waals surface area contributed by atoms with Crippen LogP contribution in [0.25, 0.3) is 0 Å². The van der Waals surface area contributed by atoms with Crippen LogP contribution in [-0.4, -0.2) is 0 Å². The normalized spacial score (nSPS) is 0. The van der Waals surface area contributed by atoms with E-state index in [9.17, 15) is 0 Å². The van der Waals surface area contributed by atoms with Gasteiger partial charge in [-0.15, -0.1) is 34.0 Å². The van der Waals surface area contributed by atoms with Gasteiger partial charge in [-0.3, -0.25) is 0 Å². The number of halogens is 2. The third kappa shape index (κ3) is 21.0. The van der Waals surface area contributed by atoms with Crippen molar-refractivity contribution in [3.8, 4) is 0 Å². The molecule has 0 atom stereocenters. The van der Waals surface area contributed by atoms with Crippen molar-refractivity contribution in [1.82, 2.24) is 0 Å². The average Bonchev–Trinajstić information content (AvgIpc) is 0. The van der Waals surface area contributed by atoms with E-state index in [2.05, 4.69) is 0 Å². The fourth-order valence-electron chi connectivity index (χ4n) is 0. The Balaban J connectivity index is 0. The summed E-state index contributed by atoms with van der Waals surface area (Å²) in [7, 11) is 0. The molecule has 5 heavy (non-hydrogen) atoms. The van der Waals surface area contributed by atoms with Gasteiger partial charge in [0, 0.05) is 50.9 Å². The van der Waals surface area contributed by atoms with Crippen molar-refractivity contribution in [3.63, 3.8) is 0 Å². The van der Waals surface area contributed by atoms with Crippen molar-refractivity contribution in [2.45, 2.75) is 0 Å². The minimum absolute atomic E-state index is 0. The first-order chi connectivity index (χ1) is 0. The van der Waals surface area contributed by atoms with Gasteiger partial charge in [0.2, 0.25) is 0 Å². The average molecular weight is 332 g/mol. The van der Waals surface area contributed by atoms with Gasteiger partial charge in [-0.05, 0) is 0 Å². The van der Waals surface area contributed by atoms with Crippen molar-refractivity contribution >= 4 is 34.0 Å². The molecule has 40 valence electrons. The molecular weight excluding hydrogens is 330 g/mol. The van der Waals surface area contributed by atoms with E-state index in [1.165, 1.54) is 0 Å². The Morgan fingerprint density at radius 1 is 0.800 bits per heavy atom. The maximum Gasteiger partial charge on any atom is 0 e. The number of hydrogen-bond donors (Lipinski definition) is 0. The second kappa shape index (κ2) is 31.4. The Morgan fingerprint density at radius 3 is 0.800 bits per heavy atom. The Labute approximate surface area is 83.9 Å². The van der Waals surface area contributed by atoms with Crippen LogP contribution in [0.2, 0.25) is 0 Å². The molecule has 0 nitrogen and oxygen atoms in total. The first kappa shape index (κ1) is 50.6. The third-order valence-corrected chi connectivity index (χ3v) is 0. The molecule has 0 aromatic heterocycles. The molecule has 0 heterocycles. The summed E-state index contributed by atoms with van der Waals surface area (Å²) in [6.07, 6.45) is 0. The second-order valence-corrected chi connectivity index (χ2v) is 0. The number of rotatable bonds is 0. The van der Waals surface area contributed by atoms with Gasteiger partial charge >= 0.3 is 0 Å². The van der Waals surface area contributed by atoms with Gasteiger partial charge in [0.05, 0.1) is 0 Å². The molecule has 0 N–H and O–H groups in total. The van der Waals surface area contributed by atoms with Gasteiger partial charge in [0.1, 0.15) is 0 Å². The molecule has 0 amide bonds. The first-order valence-corrected chi connectivity index (χ1v) is 0. The molecular formula is H2Br2CoFeMn. The molecule has 0 saturated carbocycles. The van der Waals surface area contributed by atoms with E-state index in [1.807, 2.05) is 0 Å². The van der Waals surface area contributed by atoms with Gasteiger partial charge < -0.3 is 0 Å². The standard InChI is InChI=1S/2BrH.Co.Fe.Mn/h2*1H;;;. The van der Waals surface area contributed by atoms with Gasteiger partial charge in [-0.2, -0.15) is 0 Å². The van der Waals surface area contributed by atoms with Crippen LogP contribution < -0.4 is 0 Å². The zero-order chi connectivity index (χ0) is 0. The van der Waals surface area contributed by atoms with Crippen molar-refractivity contribution < 1.29 is 50.9 Å². The van der Waals surface area contributed by atoms with E-state index >= 15 is 0 Å². The molecule has 0 aromatic carbocycles. The molecule has 0 rings (SSSR count). The van der Waals surface area contributed by atoms with Crippen LogP contribution in [0.4, 0.5) is 0 Å². The smallest absolute Gasteiger partial charge is 0 e. The van der Waals surface area contributed by atoms with E-state index in [0.29, 0.717) is 0 Å². The van der Waals surface area contributed by atoms with Crippen LogP contribution in [0.1, 0.15) is 0 Å². The topological polar surface area (TPSA) is 0 Å². The van der Waals surface area contributed by atoms with Crippen LogP contribution >= 0.6 is 34.0 Å². The maximum atomic E-state index is 0. The van der Waals surface area contributed by atoms with Gasteiger partial charge in [-0.25, -0.2) is 0 Å². The SMILES string of the molecule is Br.Br.[Co].[Fe].[Mn]. The van der Waals surface area contributed by atoms with E-state index in [0.717, 1.165) is 0 Å². The summed E-state index contributed by atoms with van der Waals surface area (Å²) in [5, 5.41) is 0. The Bertz CT molecular complexity index is 9.61. The first-order valence-electron chi connectivity index (χ1n) is 0. The molecule has 0 unspecified atom stereocenters. The summed E-state index contributed by atoms with van der Waals surface area (Å²) in [4.78, 5) is 0. The second-order valence-electron chi connectivity index (χ2n) is 0. The summed E-state index contributed by atoms with van der Waals surface area (Å²) in [5.41, 5.74) is 0. The predicted molar refractivity (Wildman–Crippen MR) is 20.6 cm³/mol. The zero-order valence-corrected chi connectivity index (χ0v) is 8.63. The van der Waals surface area contributed by atoms with Crippen molar-refractivity contribution in [3.05, 3.63) is 0 Å². The molecule has 0 spiro atoms. The van der Waals surface area contributed by atoms with Gasteiger partial charge in [0.25, 0.3) is 0 Å². The van der Waals surface area contributed by atoms with Crippen LogP contribution in [0.3, 0.4) is 0 Å². The Hall–Kier alpha value is 2.51. The fraction of sp³-hybridized carbons (Fsp3) is 0. The maximum absolute atomic E-state index is 0. The third-order valence-electron chi connectivity index (χ3n) is 0.